The van der Waals surface area contributed by atoms with E-state index in [1.807, 2.05) is 36.7 Å². The largest absolute Gasteiger partial charge is 0.477 e. The van der Waals surface area contributed by atoms with E-state index in [0.717, 1.165) is 0 Å². The number of carbonyl (C=O) groups is 1. The average molecular weight is 200 g/mol. The molecule has 0 amide bonds. The van der Waals surface area contributed by atoms with Crippen LogP contribution in [0.3, 0.4) is 0 Å². The molecule has 1 aromatic heterocycles. The molecule has 0 saturated heterocycles. The van der Waals surface area contributed by atoms with Crippen molar-refractivity contribution in [3.05, 3.63) is 60.4 Å². The standard InChI is InChI=1S/C12H9NO2/c14-12(15)10-6-2-3-7-11(10)13-8-4-1-5-9-13/h1-9H/p+1. The summed E-state index contributed by atoms with van der Waals surface area (Å²) in [4.78, 5) is 11.0. The van der Waals surface area contributed by atoms with Gasteiger partial charge in [-0.05, 0) is 6.07 Å². The maximum absolute atomic E-state index is 11.0. The molecule has 0 aliphatic rings. The minimum atomic E-state index is -0.915. The van der Waals surface area contributed by atoms with Crippen molar-refractivity contribution in [2.75, 3.05) is 0 Å². The third kappa shape index (κ3) is 1.86. The van der Waals surface area contributed by atoms with Crippen molar-refractivity contribution in [2.45, 2.75) is 0 Å². The minimum absolute atomic E-state index is 0.300. The van der Waals surface area contributed by atoms with Crippen molar-refractivity contribution in [1.29, 1.82) is 0 Å². The van der Waals surface area contributed by atoms with Crippen molar-refractivity contribution >= 4 is 5.97 Å². The number of nitrogens with zero attached hydrogens (tertiary/aromatic N) is 1. The van der Waals surface area contributed by atoms with Crippen LogP contribution in [-0.2, 0) is 0 Å². The lowest BCUT2D eigenvalue weighted by molar-refractivity contribution is -0.595. The van der Waals surface area contributed by atoms with Crippen molar-refractivity contribution < 1.29 is 14.5 Å². The summed E-state index contributed by atoms with van der Waals surface area (Å²) >= 11 is 0. The first-order valence-corrected chi connectivity index (χ1v) is 4.58. The lowest BCUT2D eigenvalue weighted by Crippen LogP contribution is -2.31. The van der Waals surface area contributed by atoms with Gasteiger partial charge in [0, 0.05) is 18.2 Å². The first-order chi connectivity index (χ1) is 7.29. The fourth-order valence-electron chi connectivity index (χ4n) is 1.44. The Hall–Kier alpha value is -2.16. The number of hydrogen-bond donors (Lipinski definition) is 1. The Morgan fingerprint density at radius 1 is 1.00 bits per heavy atom. The molecule has 1 aromatic carbocycles. The molecular formula is C12H10NO2+. The Morgan fingerprint density at radius 2 is 1.67 bits per heavy atom. The van der Waals surface area contributed by atoms with Gasteiger partial charge in [0.2, 0.25) is 5.69 Å². The van der Waals surface area contributed by atoms with E-state index < -0.39 is 5.97 Å². The van der Waals surface area contributed by atoms with Crippen molar-refractivity contribution in [2.24, 2.45) is 0 Å². The molecule has 0 saturated carbocycles. The Kier molecular flexibility index (Phi) is 2.46. The van der Waals surface area contributed by atoms with Crippen molar-refractivity contribution in [3.63, 3.8) is 0 Å². The maximum atomic E-state index is 11.0. The van der Waals surface area contributed by atoms with Gasteiger partial charge in [0.05, 0.1) is 0 Å². The normalized spacial score (nSPS) is 9.87. The van der Waals surface area contributed by atoms with E-state index in [2.05, 4.69) is 0 Å². The number of benzene rings is 1. The molecule has 0 spiro atoms. The third-order valence-electron chi connectivity index (χ3n) is 2.13. The van der Waals surface area contributed by atoms with Crippen molar-refractivity contribution in [1.82, 2.24) is 0 Å². The number of carboxylic acid groups (broad SMARTS) is 1. The van der Waals surface area contributed by atoms with E-state index in [1.54, 1.807) is 22.8 Å². The van der Waals surface area contributed by atoms with E-state index >= 15 is 0 Å². The zero-order valence-electron chi connectivity index (χ0n) is 8.00. The summed E-state index contributed by atoms with van der Waals surface area (Å²) in [5, 5.41) is 9.01. The molecular weight excluding hydrogens is 190 g/mol. The van der Waals surface area contributed by atoms with Gasteiger partial charge in [-0.3, -0.25) is 0 Å². The average Bonchev–Trinajstić information content (AvgIpc) is 2.30. The first kappa shape index (κ1) is 9.40. The molecule has 3 nitrogen and oxygen atoms in total. The van der Waals surface area contributed by atoms with Gasteiger partial charge in [0.25, 0.3) is 0 Å². The number of carboxylic acids is 1. The number of rotatable bonds is 2. The monoisotopic (exact) mass is 200 g/mol. The summed E-state index contributed by atoms with van der Waals surface area (Å²) in [7, 11) is 0. The second-order valence-corrected chi connectivity index (χ2v) is 3.11. The topological polar surface area (TPSA) is 41.2 Å². The highest BCUT2D eigenvalue weighted by Gasteiger charge is 2.16. The molecule has 1 heterocycles. The van der Waals surface area contributed by atoms with E-state index in [0.29, 0.717) is 11.3 Å². The van der Waals surface area contributed by atoms with Crippen LogP contribution in [0.4, 0.5) is 0 Å². The minimum Gasteiger partial charge on any atom is -0.477 e. The van der Waals surface area contributed by atoms with Crippen LogP contribution < -0.4 is 4.57 Å². The van der Waals surface area contributed by atoms with Gasteiger partial charge in [0.1, 0.15) is 5.56 Å². The summed E-state index contributed by atoms with van der Waals surface area (Å²) in [5.74, 6) is -0.915. The smallest absolute Gasteiger partial charge is 0.342 e. The highest BCUT2D eigenvalue weighted by Crippen LogP contribution is 2.07. The Bertz CT molecular complexity index is 480. The van der Waals surface area contributed by atoms with Gasteiger partial charge in [0.15, 0.2) is 12.4 Å². The molecule has 2 aromatic rings. The molecule has 0 radical (unpaired) electrons. The molecule has 1 N–H and O–H groups in total. The highest BCUT2D eigenvalue weighted by molar-refractivity contribution is 5.90. The number of aromatic carboxylic acids is 1. The third-order valence-corrected chi connectivity index (χ3v) is 2.13. The SMILES string of the molecule is O=C(O)c1ccccc1-[n+]1ccccc1. The van der Waals surface area contributed by atoms with Crippen LogP contribution in [0, 0.1) is 0 Å². The predicted molar refractivity (Wildman–Crippen MR) is 54.9 cm³/mol. The van der Waals surface area contributed by atoms with E-state index in [4.69, 9.17) is 5.11 Å². The van der Waals surface area contributed by atoms with E-state index in [9.17, 15) is 4.79 Å². The Labute approximate surface area is 87.2 Å². The Morgan fingerprint density at radius 3 is 2.33 bits per heavy atom. The van der Waals surface area contributed by atoms with Crippen LogP contribution in [-0.4, -0.2) is 11.1 Å². The second-order valence-electron chi connectivity index (χ2n) is 3.11. The van der Waals surface area contributed by atoms with Gasteiger partial charge >= 0.3 is 5.97 Å². The predicted octanol–water partition coefficient (Wildman–Crippen LogP) is 1.66. The quantitative estimate of drug-likeness (QED) is 0.749. The van der Waals surface area contributed by atoms with Gasteiger partial charge < -0.3 is 5.11 Å². The van der Waals surface area contributed by atoms with E-state index in [1.165, 1.54) is 0 Å². The highest BCUT2D eigenvalue weighted by atomic mass is 16.4. The zero-order valence-corrected chi connectivity index (χ0v) is 8.00. The molecule has 0 fully saturated rings. The first-order valence-electron chi connectivity index (χ1n) is 4.58. The van der Waals surface area contributed by atoms with Gasteiger partial charge in [-0.15, -0.1) is 0 Å². The number of aromatic nitrogens is 1. The summed E-state index contributed by atoms with van der Waals surface area (Å²) in [6.45, 7) is 0. The molecule has 0 aliphatic carbocycles. The van der Waals surface area contributed by atoms with Crippen LogP contribution in [0.25, 0.3) is 5.69 Å². The molecule has 3 heteroatoms. The fraction of sp³-hybridized carbons (Fsp3) is 0. The van der Waals surface area contributed by atoms with Crippen molar-refractivity contribution in [3.8, 4) is 5.69 Å². The maximum Gasteiger partial charge on any atom is 0.342 e. The lowest BCUT2D eigenvalue weighted by Gasteiger charge is -1.98. The van der Waals surface area contributed by atoms with Gasteiger partial charge in [-0.25, -0.2) is 4.79 Å². The molecule has 0 atom stereocenters. The lowest BCUT2D eigenvalue weighted by atomic mass is 10.2. The summed E-state index contributed by atoms with van der Waals surface area (Å²) < 4.78 is 1.78. The van der Waals surface area contributed by atoms with Gasteiger partial charge in [-0.1, -0.05) is 18.2 Å². The van der Waals surface area contributed by atoms with Crippen LogP contribution in [0.1, 0.15) is 10.4 Å². The molecule has 0 unspecified atom stereocenters. The van der Waals surface area contributed by atoms with Crippen LogP contribution in [0.2, 0.25) is 0 Å². The molecule has 0 bridgehead atoms. The second kappa shape index (κ2) is 3.92. The molecule has 15 heavy (non-hydrogen) atoms. The zero-order chi connectivity index (χ0) is 10.7. The van der Waals surface area contributed by atoms with Gasteiger partial charge in [-0.2, -0.15) is 4.57 Å². The molecule has 74 valence electrons. The van der Waals surface area contributed by atoms with Crippen LogP contribution in [0.5, 0.6) is 0 Å². The van der Waals surface area contributed by atoms with E-state index in [-0.39, 0.29) is 0 Å². The summed E-state index contributed by atoms with van der Waals surface area (Å²) in [6, 6.07) is 12.5. The van der Waals surface area contributed by atoms with Crippen LogP contribution >= 0.6 is 0 Å². The number of hydrogen-bond acceptors (Lipinski definition) is 1. The fourth-order valence-corrected chi connectivity index (χ4v) is 1.44. The molecule has 2 rings (SSSR count). The number of pyridine rings is 1. The summed E-state index contributed by atoms with van der Waals surface area (Å²) in [6.07, 6.45) is 3.64. The summed E-state index contributed by atoms with van der Waals surface area (Å²) in [5.41, 5.74) is 0.972. The van der Waals surface area contributed by atoms with Crippen LogP contribution in [0.15, 0.2) is 54.9 Å². The molecule has 0 aliphatic heterocycles. The number of para-hydroxylation sites is 1. The Balaban J connectivity index is 2.58.